The first-order valence-corrected chi connectivity index (χ1v) is 9.87. The lowest BCUT2D eigenvalue weighted by atomic mass is 9.85. The van der Waals surface area contributed by atoms with E-state index < -0.39 is 24.9 Å². The molecule has 2 saturated heterocycles. The fraction of sp³-hybridized carbons (Fsp3) is 0.550. The number of amides is 1. The molecule has 9 heteroatoms. The van der Waals surface area contributed by atoms with E-state index in [1.54, 1.807) is 0 Å². The van der Waals surface area contributed by atoms with Crippen LogP contribution in [-0.2, 0) is 4.79 Å². The Balaban J connectivity index is 1.37. The van der Waals surface area contributed by atoms with E-state index in [2.05, 4.69) is 27.6 Å². The molecule has 2 unspecified atom stereocenters. The fourth-order valence-corrected chi connectivity index (χ4v) is 3.99. The SMILES string of the molecule is O=C(CCC(F)(F)F)N1CC(c2nnc(C3NCCCC3c3ccccc3)o2)C1. The second-order valence-corrected chi connectivity index (χ2v) is 7.68. The lowest BCUT2D eigenvalue weighted by molar-refractivity contribution is -0.151. The number of carbonyl (C=O) groups excluding carboxylic acids is 1. The number of benzene rings is 1. The average molecular weight is 408 g/mol. The highest BCUT2D eigenvalue weighted by molar-refractivity contribution is 5.77. The van der Waals surface area contributed by atoms with Crippen molar-refractivity contribution in [3.63, 3.8) is 0 Å². The molecule has 1 N–H and O–H groups in total. The maximum atomic E-state index is 12.3. The van der Waals surface area contributed by atoms with Gasteiger partial charge >= 0.3 is 6.18 Å². The van der Waals surface area contributed by atoms with Gasteiger partial charge in [-0.1, -0.05) is 30.3 Å². The van der Waals surface area contributed by atoms with Gasteiger partial charge in [0.05, 0.1) is 18.4 Å². The molecule has 0 aliphatic carbocycles. The van der Waals surface area contributed by atoms with Gasteiger partial charge in [0.2, 0.25) is 17.7 Å². The van der Waals surface area contributed by atoms with Crippen LogP contribution in [0, 0.1) is 0 Å². The second-order valence-electron chi connectivity index (χ2n) is 7.68. The van der Waals surface area contributed by atoms with E-state index in [0.29, 0.717) is 24.9 Å². The summed E-state index contributed by atoms with van der Waals surface area (Å²) in [7, 11) is 0. The van der Waals surface area contributed by atoms with E-state index in [-0.39, 0.29) is 17.9 Å². The van der Waals surface area contributed by atoms with Crippen LogP contribution in [0.4, 0.5) is 13.2 Å². The topological polar surface area (TPSA) is 71.3 Å². The molecule has 1 amide bonds. The van der Waals surface area contributed by atoms with Gasteiger partial charge in [-0.05, 0) is 24.9 Å². The summed E-state index contributed by atoms with van der Waals surface area (Å²) in [5, 5.41) is 11.8. The van der Waals surface area contributed by atoms with Crippen LogP contribution in [0.15, 0.2) is 34.7 Å². The third kappa shape index (κ3) is 4.60. The number of piperidine rings is 1. The fourth-order valence-electron chi connectivity index (χ4n) is 3.99. The molecular formula is C20H23F3N4O2. The molecule has 29 heavy (non-hydrogen) atoms. The predicted octanol–water partition coefficient (Wildman–Crippen LogP) is 3.55. The Morgan fingerprint density at radius 1 is 1.17 bits per heavy atom. The molecule has 1 aromatic carbocycles. The smallest absolute Gasteiger partial charge is 0.389 e. The zero-order valence-electron chi connectivity index (χ0n) is 15.9. The van der Waals surface area contributed by atoms with Crippen LogP contribution in [0.1, 0.15) is 60.9 Å². The molecular weight excluding hydrogens is 385 g/mol. The number of alkyl halides is 3. The van der Waals surface area contributed by atoms with Gasteiger partial charge in [0.25, 0.3) is 0 Å². The number of aromatic nitrogens is 2. The van der Waals surface area contributed by atoms with Gasteiger partial charge in [-0.2, -0.15) is 13.2 Å². The third-order valence-corrected chi connectivity index (χ3v) is 5.61. The van der Waals surface area contributed by atoms with Crippen molar-refractivity contribution >= 4 is 5.91 Å². The Labute approximate surface area is 166 Å². The number of carbonyl (C=O) groups is 1. The van der Waals surface area contributed by atoms with Crippen molar-refractivity contribution in [3.8, 4) is 0 Å². The van der Waals surface area contributed by atoms with Gasteiger partial charge in [-0.25, -0.2) is 0 Å². The Kier molecular flexibility index (Phi) is 5.58. The molecule has 1 aromatic heterocycles. The summed E-state index contributed by atoms with van der Waals surface area (Å²) >= 11 is 0. The van der Waals surface area contributed by atoms with Crippen molar-refractivity contribution in [2.75, 3.05) is 19.6 Å². The Morgan fingerprint density at radius 2 is 1.90 bits per heavy atom. The van der Waals surface area contributed by atoms with E-state index in [1.165, 1.54) is 10.5 Å². The molecule has 2 aliphatic rings. The lowest BCUT2D eigenvalue weighted by Crippen LogP contribution is -2.48. The summed E-state index contributed by atoms with van der Waals surface area (Å²) in [5.41, 5.74) is 1.22. The van der Waals surface area contributed by atoms with Crippen molar-refractivity contribution in [2.45, 2.75) is 49.7 Å². The first-order chi connectivity index (χ1) is 13.9. The number of rotatable bonds is 5. The first kappa shape index (κ1) is 19.9. The van der Waals surface area contributed by atoms with E-state index in [0.717, 1.165) is 19.4 Å². The van der Waals surface area contributed by atoms with Gasteiger partial charge in [0.15, 0.2) is 0 Å². The zero-order chi connectivity index (χ0) is 20.4. The molecule has 0 spiro atoms. The highest BCUT2D eigenvalue weighted by Gasteiger charge is 2.38. The van der Waals surface area contributed by atoms with Gasteiger partial charge in [0.1, 0.15) is 0 Å². The van der Waals surface area contributed by atoms with Crippen LogP contribution in [0.3, 0.4) is 0 Å². The number of hydrogen-bond acceptors (Lipinski definition) is 5. The number of hydrogen-bond donors (Lipinski definition) is 1. The molecule has 2 aromatic rings. The molecule has 156 valence electrons. The number of halogens is 3. The minimum Gasteiger partial charge on any atom is -0.423 e. The predicted molar refractivity (Wildman–Crippen MR) is 98.1 cm³/mol. The van der Waals surface area contributed by atoms with E-state index in [4.69, 9.17) is 4.42 Å². The van der Waals surface area contributed by atoms with E-state index in [1.807, 2.05) is 18.2 Å². The van der Waals surface area contributed by atoms with Gasteiger partial charge in [-0.15, -0.1) is 10.2 Å². The summed E-state index contributed by atoms with van der Waals surface area (Å²) < 4.78 is 42.7. The van der Waals surface area contributed by atoms with E-state index >= 15 is 0 Å². The van der Waals surface area contributed by atoms with Gasteiger partial charge in [0, 0.05) is 25.4 Å². The molecule has 0 radical (unpaired) electrons. The molecule has 3 heterocycles. The molecule has 6 nitrogen and oxygen atoms in total. The number of nitrogens with one attached hydrogen (secondary N) is 1. The minimum atomic E-state index is -4.32. The van der Waals surface area contributed by atoms with Crippen LogP contribution in [0.25, 0.3) is 0 Å². The van der Waals surface area contributed by atoms with E-state index in [9.17, 15) is 18.0 Å². The van der Waals surface area contributed by atoms with Crippen LogP contribution < -0.4 is 5.32 Å². The van der Waals surface area contributed by atoms with Crippen LogP contribution in [0.5, 0.6) is 0 Å². The van der Waals surface area contributed by atoms with Crippen LogP contribution >= 0.6 is 0 Å². The maximum Gasteiger partial charge on any atom is 0.389 e. The molecule has 2 fully saturated rings. The first-order valence-electron chi connectivity index (χ1n) is 9.87. The quantitative estimate of drug-likeness (QED) is 0.819. The molecule has 2 aliphatic heterocycles. The average Bonchev–Trinajstić information content (AvgIpc) is 3.15. The number of nitrogens with zero attached hydrogens (tertiary/aromatic N) is 3. The molecule has 0 bridgehead atoms. The van der Waals surface area contributed by atoms with Crippen molar-refractivity contribution < 1.29 is 22.4 Å². The molecule has 0 saturated carbocycles. The van der Waals surface area contributed by atoms with Crippen molar-refractivity contribution in [1.82, 2.24) is 20.4 Å². The zero-order valence-corrected chi connectivity index (χ0v) is 15.9. The highest BCUT2D eigenvalue weighted by atomic mass is 19.4. The number of likely N-dealkylation sites (tertiary alicyclic amines) is 1. The van der Waals surface area contributed by atoms with Crippen molar-refractivity contribution in [2.24, 2.45) is 0 Å². The molecule has 2 atom stereocenters. The Hall–Kier alpha value is -2.42. The largest absolute Gasteiger partial charge is 0.423 e. The third-order valence-electron chi connectivity index (χ3n) is 5.61. The maximum absolute atomic E-state index is 12.3. The summed E-state index contributed by atoms with van der Waals surface area (Å²) in [5.74, 6) is 0.593. The van der Waals surface area contributed by atoms with Crippen molar-refractivity contribution in [1.29, 1.82) is 0 Å². The lowest BCUT2D eigenvalue weighted by Gasteiger charge is -2.37. The molecule has 4 rings (SSSR count). The standard InChI is InChI=1S/C20H23F3N4O2/c21-20(22,23)9-8-16(28)27-11-14(12-27)18-25-26-19(29-18)17-15(7-4-10-24-17)13-5-2-1-3-6-13/h1-3,5-6,14-15,17,24H,4,7-12H2. The Morgan fingerprint density at radius 3 is 2.62 bits per heavy atom. The van der Waals surface area contributed by atoms with Gasteiger partial charge < -0.3 is 14.6 Å². The Bertz CT molecular complexity index is 834. The summed E-state index contributed by atoms with van der Waals surface area (Å²) in [4.78, 5) is 13.3. The van der Waals surface area contributed by atoms with Gasteiger partial charge in [-0.3, -0.25) is 4.79 Å². The minimum absolute atomic E-state index is 0.0722. The van der Waals surface area contributed by atoms with Crippen LogP contribution in [0.2, 0.25) is 0 Å². The summed E-state index contributed by atoms with van der Waals surface area (Å²) in [6.07, 6.45) is -3.84. The monoisotopic (exact) mass is 408 g/mol. The second kappa shape index (κ2) is 8.14. The van der Waals surface area contributed by atoms with Crippen LogP contribution in [-0.4, -0.2) is 46.8 Å². The normalized spacial score (nSPS) is 23.1. The van der Waals surface area contributed by atoms with Crippen molar-refractivity contribution in [3.05, 3.63) is 47.7 Å². The highest BCUT2D eigenvalue weighted by Crippen LogP contribution is 2.38. The summed E-state index contributed by atoms with van der Waals surface area (Å²) in [6.45, 7) is 1.51. The summed E-state index contributed by atoms with van der Waals surface area (Å²) in [6, 6.07) is 10.1.